The number of halogens is 3. The van der Waals surface area contributed by atoms with E-state index in [9.17, 15) is 18.0 Å². The highest BCUT2D eigenvalue weighted by Gasteiger charge is 2.30. The number of benzene rings is 2. The molecular weight excluding hydrogens is 355 g/mol. The third-order valence-electron chi connectivity index (χ3n) is 4.14. The highest BCUT2D eigenvalue weighted by Crippen LogP contribution is 2.29. The number of alkyl halides is 3. The highest BCUT2D eigenvalue weighted by atomic mass is 19.4. The van der Waals surface area contributed by atoms with Crippen LogP contribution in [0, 0.1) is 0 Å². The summed E-state index contributed by atoms with van der Waals surface area (Å²) in [7, 11) is 3.83. The van der Waals surface area contributed by atoms with Crippen molar-refractivity contribution >= 4 is 6.03 Å². The third kappa shape index (κ3) is 6.29. The van der Waals surface area contributed by atoms with Crippen LogP contribution in [0.4, 0.5) is 18.0 Å². The van der Waals surface area contributed by atoms with Crippen LogP contribution in [0.15, 0.2) is 54.6 Å². The SMILES string of the molecule is CC(NC(=O)NC(CN(C)C)c1ccccc1)c1ccc(C(F)(F)F)cc1. The average molecular weight is 379 g/mol. The van der Waals surface area contributed by atoms with E-state index in [-0.39, 0.29) is 12.1 Å². The summed E-state index contributed by atoms with van der Waals surface area (Å²) < 4.78 is 38.0. The van der Waals surface area contributed by atoms with Crippen molar-refractivity contribution in [1.82, 2.24) is 15.5 Å². The second kappa shape index (κ2) is 8.90. The number of likely N-dealkylation sites (N-methyl/N-ethyl adjacent to an activating group) is 1. The number of nitrogens with one attached hydrogen (secondary N) is 2. The van der Waals surface area contributed by atoms with E-state index in [0.717, 1.165) is 17.7 Å². The molecule has 2 atom stereocenters. The Morgan fingerprint density at radius 1 is 0.963 bits per heavy atom. The van der Waals surface area contributed by atoms with Gasteiger partial charge in [0, 0.05) is 6.54 Å². The van der Waals surface area contributed by atoms with Crippen molar-refractivity contribution < 1.29 is 18.0 Å². The molecule has 2 N–H and O–H groups in total. The molecule has 146 valence electrons. The minimum Gasteiger partial charge on any atom is -0.332 e. The number of amides is 2. The summed E-state index contributed by atoms with van der Waals surface area (Å²) in [5.41, 5.74) is 0.864. The molecule has 7 heteroatoms. The number of carbonyl (C=O) groups excluding carboxylic acids is 1. The highest BCUT2D eigenvalue weighted by molar-refractivity contribution is 5.75. The lowest BCUT2D eigenvalue weighted by atomic mass is 10.1. The predicted molar refractivity (Wildman–Crippen MR) is 99.3 cm³/mol. The Balaban J connectivity index is 2.02. The van der Waals surface area contributed by atoms with Gasteiger partial charge in [0.2, 0.25) is 0 Å². The third-order valence-corrected chi connectivity index (χ3v) is 4.14. The summed E-state index contributed by atoms with van der Waals surface area (Å²) in [4.78, 5) is 14.4. The van der Waals surface area contributed by atoms with E-state index >= 15 is 0 Å². The van der Waals surface area contributed by atoms with Crippen LogP contribution < -0.4 is 10.6 Å². The van der Waals surface area contributed by atoms with Gasteiger partial charge in [0.15, 0.2) is 0 Å². The Hall–Kier alpha value is -2.54. The second-order valence-corrected chi connectivity index (χ2v) is 6.68. The quantitative estimate of drug-likeness (QED) is 0.783. The summed E-state index contributed by atoms with van der Waals surface area (Å²) in [5.74, 6) is 0. The van der Waals surface area contributed by atoms with Crippen molar-refractivity contribution in [2.24, 2.45) is 0 Å². The number of carbonyl (C=O) groups is 1. The van der Waals surface area contributed by atoms with Crippen molar-refractivity contribution in [3.05, 3.63) is 71.3 Å². The van der Waals surface area contributed by atoms with Gasteiger partial charge in [0.05, 0.1) is 17.6 Å². The normalized spacial score (nSPS) is 13.9. The van der Waals surface area contributed by atoms with Crippen LogP contribution >= 0.6 is 0 Å². The lowest BCUT2D eigenvalue weighted by Gasteiger charge is -2.24. The predicted octanol–water partition coefficient (Wildman–Crippen LogP) is 4.37. The van der Waals surface area contributed by atoms with Gasteiger partial charge in [-0.3, -0.25) is 0 Å². The molecule has 0 fully saturated rings. The summed E-state index contributed by atoms with van der Waals surface area (Å²) in [6.07, 6.45) is -4.37. The van der Waals surface area contributed by atoms with E-state index < -0.39 is 17.8 Å². The number of nitrogens with zero attached hydrogens (tertiary/aromatic N) is 1. The number of hydrogen-bond acceptors (Lipinski definition) is 2. The van der Waals surface area contributed by atoms with Crippen LogP contribution in [-0.2, 0) is 6.18 Å². The summed E-state index contributed by atoms with van der Waals surface area (Å²) >= 11 is 0. The Morgan fingerprint density at radius 2 is 1.56 bits per heavy atom. The summed E-state index contributed by atoms with van der Waals surface area (Å²) in [5, 5.41) is 5.71. The van der Waals surface area contributed by atoms with Crippen LogP contribution in [0.25, 0.3) is 0 Å². The fourth-order valence-corrected chi connectivity index (χ4v) is 2.73. The molecule has 2 aromatic rings. The average Bonchev–Trinajstić information content (AvgIpc) is 2.61. The molecule has 0 radical (unpaired) electrons. The first-order valence-corrected chi connectivity index (χ1v) is 8.60. The van der Waals surface area contributed by atoms with Crippen molar-refractivity contribution in [2.45, 2.75) is 25.2 Å². The Morgan fingerprint density at radius 3 is 2.07 bits per heavy atom. The molecule has 2 aromatic carbocycles. The van der Waals surface area contributed by atoms with E-state index in [1.54, 1.807) is 6.92 Å². The van der Waals surface area contributed by atoms with Crippen LogP contribution in [0.5, 0.6) is 0 Å². The van der Waals surface area contributed by atoms with Gasteiger partial charge in [-0.2, -0.15) is 13.2 Å². The van der Waals surface area contributed by atoms with E-state index in [0.29, 0.717) is 12.1 Å². The lowest BCUT2D eigenvalue weighted by molar-refractivity contribution is -0.137. The zero-order valence-electron chi connectivity index (χ0n) is 15.5. The Bertz CT molecular complexity index is 730. The van der Waals surface area contributed by atoms with Gasteiger partial charge in [-0.05, 0) is 44.3 Å². The zero-order valence-corrected chi connectivity index (χ0v) is 15.5. The lowest BCUT2D eigenvalue weighted by Crippen LogP contribution is -2.42. The number of hydrogen-bond donors (Lipinski definition) is 2. The Labute approximate surface area is 157 Å². The first kappa shape index (κ1) is 20.8. The van der Waals surface area contributed by atoms with Crippen LogP contribution in [-0.4, -0.2) is 31.6 Å². The van der Waals surface area contributed by atoms with Crippen molar-refractivity contribution in [3.8, 4) is 0 Å². The molecule has 27 heavy (non-hydrogen) atoms. The summed E-state index contributed by atoms with van der Waals surface area (Å²) in [6, 6.07) is 13.4. The molecule has 0 bridgehead atoms. The maximum Gasteiger partial charge on any atom is 0.416 e. The van der Waals surface area contributed by atoms with Gasteiger partial charge < -0.3 is 15.5 Å². The maximum atomic E-state index is 12.7. The first-order valence-electron chi connectivity index (χ1n) is 8.60. The zero-order chi connectivity index (χ0) is 20.0. The second-order valence-electron chi connectivity index (χ2n) is 6.68. The van der Waals surface area contributed by atoms with Gasteiger partial charge in [0.25, 0.3) is 0 Å². The monoisotopic (exact) mass is 379 g/mol. The largest absolute Gasteiger partial charge is 0.416 e. The smallest absolute Gasteiger partial charge is 0.332 e. The van der Waals surface area contributed by atoms with E-state index in [1.165, 1.54) is 12.1 Å². The minimum absolute atomic E-state index is 0.207. The Kier molecular flexibility index (Phi) is 6.85. The fraction of sp³-hybridized carbons (Fsp3) is 0.350. The molecule has 0 spiro atoms. The van der Waals surface area contributed by atoms with Crippen LogP contribution in [0.2, 0.25) is 0 Å². The van der Waals surface area contributed by atoms with Crippen molar-refractivity contribution in [3.63, 3.8) is 0 Å². The molecule has 0 aliphatic heterocycles. The van der Waals surface area contributed by atoms with Gasteiger partial charge in [0.1, 0.15) is 0 Å². The molecule has 2 amide bonds. The van der Waals surface area contributed by atoms with Crippen LogP contribution in [0.1, 0.15) is 35.7 Å². The van der Waals surface area contributed by atoms with E-state index in [2.05, 4.69) is 10.6 Å². The van der Waals surface area contributed by atoms with Gasteiger partial charge in [-0.25, -0.2) is 4.79 Å². The number of urea groups is 1. The van der Waals surface area contributed by atoms with Gasteiger partial charge >= 0.3 is 12.2 Å². The molecule has 0 saturated heterocycles. The van der Waals surface area contributed by atoms with E-state index in [1.807, 2.05) is 49.3 Å². The molecule has 0 aromatic heterocycles. The topological polar surface area (TPSA) is 44.4 Å². The van der Waals surface area contributed by atoms with Crippen LogP contribution in [0.3, 0.4) is 0 Å². The molecule has 0 heterocycles. The van der Waals surface area contributed by atoms with Gasteiger partial charge in [-0.1, -0.05) is 42.5 Å². The van der Waals surface area contributed by atoms with Crippen molar-refractivity contribution in [2.75, 3.05) is 20.6 Å². The number of rotatable bonds is 6. The molecule has 0 aliphatic rings. The fourth-order valence-electron chi connectivity index (χ4n) is 2.73. The molecule has 0 saturated carbocycles. The standard InChI is InChI=1S/C20H24F3N3O/c1-14(15-9-11-17(12-10-15)20(21,22)23)24-19(27)25-18(13-26(2)3)16-7-5-4-6-8-16/h4-12,14,18H,13H2,1-3H3,(H2,24,25,27). The molecule has 0 aliphatic carbocycles. The van der Waals surface area contributed by atoms with Crippen molar-refractivity contribution in [1.29, 1.82) is 0 Å². The first-order chi connectivity index (χ1) is 12.7. The molecular formula is C20H24F3N3O. The molecule has 2 rings (SSSR count). The minimum atomic E-state index is -4.37. The molecule has 4 nitrogen and oxygen atoms in total. The van der Waals surface area contributed by atoms with Gasteiger partial charge in [-0.15, -0.1) is 0 Å². The van der Waals surface area contributed by atoms with E-state index in [4.69, 9.17) is 0 Å². The summed E-state index contributed by atoms with van der Waals surface area (Å²) in [6.45, 7) is 2.34. The maximum absolute atomic E-state index is 12.7. The molecule has 2 unspecified atom stereocenters.